The van der Waals surface area contributed by atoms with E-state index in [0.29, 0.717) is 12.0 Å². The van der Waals surface area contributed by atoms with Gasteiger partial charge in [0.15, 0.2) is 0 Å². The third-order valence-corrected chi connectivity index (χ3v) is 3.62. The van der Waals surface area contributed by atoms with Crippen LogP contribution in [0.1, 0.15) is 18.1 Å². The molecule has 2 N–H and O–H groups in total. The second-order valence-electron chi connectivity index (χ2n) is 5.14. The van der Waals surface area contributed by atoms with Gasteiger partial charge in [-0.25, -0.2) is 0 Å². The molecular formula is C14H23ClN2O. The van der Waals surface area contributed by atoms with Crippen molar-refractivity contribution in [2.45, 2.75) is 26.4 Å². The summed E-state index contributed by atoms with van der Waals surface area (Å²) in [5.74, 6) is 1.57. The van der Waals surface area contributed by atoms with Gasteiger partial charge in [0, 0.05) is 25.7 Å². The van der Waals surface area contributed by atoms with E-state index in [9.17, 15) is 0 Å². The Morgan fingerprint density at radius 3 is 2.67 bits per heavy atom. The fourth-order valence-electron chi connectivity index (χ4n) is 2.45. The fourth-order valence-corrected chi connectivity index (χ4v) is 2.45. The van der Waals surface area contributed by atoms with Crippen LogP contribution in [0.2, 0.25) is 0 Å². The fraction of sp³-hybridized carbons (Fsp3) is 0.571. The maximum Gasteiger partial charge on any atom is 0.122 e. The molecule has 0 saturated carbocycles. The van der Waals surface area contributed by atoms with Crippen molar-refractivity contribution in [3.63, 3.8) is 0 Å². The summed E-state index contributed by atoms with van der Waals surface area (Å²) in [5.41, 5.74) is 8.52. The highest BCUT2D eigenvalue weighted by Crippen LogP contribution is 2.22. The molecule has 0 aromatic heterocycles. The standard InChI is InChI=1S/C14H22N2O.ClH/c1-10-4-5-12(6-14(10)17-3)8-16-7-11(2)13(15)9-16;/h4-6,11,13H,7-9,15H2,1-3H3;1H. The van der Waals surface area contributed by atoms with Crippen LogP contribution in [0, 0.1) is 12.8 Å². The van der Waals surface area contributed by atoms with Crippen molar-refractivity contribution in [1.82, 2.24) is 4.90 Å². The maximum absolute atomic E-state index is 6.04. The number of nitrogens with zero attached hydrogens (tertiary/aromatic N) is 1. The molecule has 0 bridgehead atoms. The first-order valence-electron chi connectivity index (χ1n) is 6.21. The molecule has 1 aromatic rings. The van der Waals surface area contributed by atoms with Crippen LogP contribution in [0.3, 0.4) is 0 Å². The van der Waals surface area contributed by atoms with Gasteiger partial charge in [0.1, 0.15) is 5.75 Å². The zero-order valence-corrected chi connectivity index (χ0v) is 12.2. The third kappa shape index (κ3) is 3.37. The quantitative estimate of drug-likeness (QED) is 0.915. The van der Waals surface area contributed by atoms with E-state index in [0.717, 1.165) is 25.4 Å². The van der Waals surface area contributed by atoms with Crippen LogP contribution in [-0.2, 0) is 6.54 Å². The van der Waals surface area contributed by atoms with E-state index >= 15 is 0 Å². The van der Waals surface area contributed by atoms with E-state index in [1.54, 1.807) is 7.11 Å². The lowest BCUT2D eigenvalue weighted by Gasteiger charge is -2.16. The zero-order valence-electron chi connectivity index (χ0n) is 11.3. The topological polar surface area (TPSA) is 38.5 Å². The molecule has 3 nitrogen and oxygen atoms in total. The first-order valence-corrected chi connectivity index (χ1v) is 6.21. The molecule has 0 spiro atoms. The largest absolute Gasteiger partial charge is 0.496 e. The summed E-state index contributed by atoms with van der Waals surface area (Å²) in [7, 11) is 1.72. The van der Waals surface area contributed by atoms with Crippen molar-refractivity contribution in [3.8, 4) is 5.75 Å². The van der Waals surface area contributed by atoms with Gasteiger partial charge in [-0.05, 0) is 30.0 Å². The van der Waals surface area contributed by atoms with Crippen molar-refractivity contribution in [1.29, 1.82) is 0 Å². The molecule has 102 valence electrons. The number of halogens is 1. The van der Waals surface area contributed by atoms with Gasteiger partial charge in [-0.15, -0.1) is 12.4 Å². The molecule has 2 rings (SSSR count). The number of nitrogens with two attached hydrogens (primary N) is 1. The van der Waals surface area contributed by atoms with Crippen molar-refractivity contribution < 1.29 is 4.74 Å². The van der Waals surface area contributed by atoms with Crippen LogP contribution in [0.4, 0.5) is 0 Å². The van der Waals surface area contributed by atoms with E-state index < -0.39 is 0 Å². The lowest BCUT2D eigenvalue weighted by Crippen LogP contribution is -2.28. The van der Waals surface area contributed by atoms with Crippen LogP contribution in [0.5, 0.6) is 5.75 Å². The minimum atomic E-state index is 0. The summed E-state index contributed by atoms with van der Waals surface area (Å²) >= 11 is 0. The van der Waals surface area contributed by atoms with Crippen LogP contribution in [0.25, 0.3) is 0 Å². The lowest BCUT2D eigenvalue weighted by molar-refractivity contribution is 0.318. The van der Waals surface area contributed by atoms with Gasteiger partial charge < -0.3 is 10.5 Å². The lowest BCUT2D eigenvalue weighted by atomic mass is 10.1. The Morgan fingerprint density at radius 2 is 2.11 bits per heavy atom. The number of methoxy groups -OCH3 is 1. The first-order chi connectivity index (χ1) is 8.10. The first kappa shape index (κ1) is 15.3. The molecule has 18 heavy (non-hydrogen) atoms. The summed E-state index contributed by atoms with van der Waals surface area (Å²) in [5, 5.41) is 0. The maximum atomic E-state index is 6.04. The van der Waals surface area contributed by atoms with E-state index in [1.807, 2.05) is 0 Å². The van der Waals surface area contributed by atoms with Crippen molar-refractivity contribution in [2.75, 3.05) is 20.2 Å². The molecule has 1 aromatic carbocycles. The van der Waals surface area contributed by atoms with E-state index in [-0.39, 0.29) is 12.4 Å². The van der Waals surface area contributed by atoms with Gasteiger partial charge in [-0.2, -0.15) is 0 Å². The van der Waals surface area contributed by atoms with Crippen LogP contribution in [-0.4, -0.2) is 31.1 Å². The average molecular weight is 271 g/mol. The summed E-state index contributed by atoms with van der Waals surface area (Å²) in [6.07, 6.45) is 0. The number of ether oxygens (including phenoxy) is 1. The highest BCUT2D eigenvalue weighted by atomic mass is 35.5. The number of rotatable bonds is 3. The molecule has 0 amide bonds. The highest BCUT2D eigenvalue weighted by Gasteiger charge is 2.26. The van der Waals surface area contributed by atoms with Crippen LogP contribution >= 0.6 is 12.4 Å². The number of benzene rings is 1. The normalized spacial score (nSPS) is 23.8. The smallest absolute Gasteiger partial charge is 0.122 e. The molecule has 4 heteroatoms. The summed E-state index contributed by atoms with van der Waals surface area (Å²) in [6.45, 7) is 7.35. The van der Waals surface area contributed by atoms with Crippen molar-refractivity contribution in [2.24, 2.45) is 11.7 Å². The SMILES string of the molecule is COc1cc(CN2CC(C)C(N)C2)ccc1C.Cl. The summed E-state index contributed by atoms with van der Waals surface area (Å²) < 4.78 is 5.35. The Kier molecular flexibility index (Phi) is 5.45. The van der Waals surface area contributed by atoms with E-state index in [4.69, 9.17) is 10.5 Å². The van der Waals surface area contributed by atoms with Gasteiger partial charge in [0.05, 0.1) is 7.11 Å². The Balaban J connectivity index is 0.00000162. The minimum Gasteiger partial charge on any atom is -0.496 e. The number of likely N-dealkylation sites (tertiary alicyclic amines) is 1. The second-order valence-corrected chi connectivity index (χ2v) is 5.14. The predicted octanol–water partition coefficient (Wildman–Crippen LogP) is 2.20. The highest BCUT2D eigenvalue weighted by molar-refractivity contribution is 5.85. The van der Waals surface area contributed by atoms with Crippen LogP contribution < -0.4 is 10.5 Å². The Labute approximate surface area is 116 Å². The molecule has 2 atom stereocenters. The minimum absolute atomic E-state index is 0. The third-order valence-electron chi connectivity index (χ3n) is 3.62. The number of hydrogen-bond acceptors (Lipinski definition) is 3. The van der Waals surface area contributed by atoms with Gasteiger partial charge in [-0.3, -0.25) is 4.90 Å². The van der Waals surface area contributed by atoms with Gasteiger partial charge in [0.25, 0.3) is 0 Å². The monoisotopic (exact) mass is 270 g/mol. The molecule has 1 aliphatic rings. The molecule has 1 heterocycles. The molecule has 0 aliphatic carbocycles. The number of hydrogen-bond donors (Lipinski definition) is 1. The Morgan fingerprint density at radius 1 is 1.39 bits per heavy atom. The van der Waals surface area contributed by atoms with E-state index in [1.165, 1.54) is 11.1 Å². The Bertz CT molecular complexity index is 387. The molecule has 0 radical (unpaired) electrons. The zero-order chi connectivity index (χ0) is 12.4. The molecule has 1 saturated heterocycles. The molecule has 2 unspecified atom stereocenters. The summed E-state index contributed by atoms with van der Waals surface area (Å²) in [6, 6.07) is 6.74. The predicted molar refractivity (Wildman–Crippen MR) is 77.4 cm³/mol. The number of aryl methyl sites for hydroxylation is 1. The summed E-state index contributed by atoms with van der Waals surface area (Å²) in [4.78, 5) is 2.42. The Hall–Kier alpha value is -0.770. The average Bonchev–Trinajstić information content (AvgIpc) is 2.61. The van der Waals surface area contributed by atoms with Crippen molar-refractivity contribution >= 4 is 12.4 Å². The van der Waals surface area contributed by atoms with Crippen LogP contribution in [0.15, 0.2) is 18.2 Å². The molecular weight excluding hydrogens is 248 g/mol. The van der Waals surface area contributed by atoms with E-state index in [2.05, 4.69) is 36.9 Å². The second kappa shape index (κ2) is 6.41. The van der Waals surface area contributed by atoms with Crippen molar-refractivity contribution in [3.05, 3.63) is 29.3 Å². The van der Waals surface area contributed by atoms with Gasteiger partial charge in [0.2, 0.25) is 0 Å². The van der Waals surface area contributed by atoms with Gasteiger partial charge in [-0.1, -0.05) is 19.1 Å². The molecule has 1 aliphatic heterocycles. The van der Waals surface area contributed by atoms with Gasteiger partial charge >= 0.3 is 0 Å². The molecule has 1 fully saturated rings.